The van der Waals surface area contributed by atoms with E-state index in [1.165, 1.54) is 0 Å². The van der Waals surface area contributed by atoms with Crippen molar-refractivity contribution >= 4 is 12.0 Å². The Hall–Kier alpha value is -1.06. The predicted molar refractivity (Wildman–Crippen MR) is 44.6 cm³/mol. The average molecular weight is 173 g/mol. The van der Waals surface area contributed by atoms with Gasteiger partial charge >= 0.3 is 6.09 Å². The van der Waals surface area contributed by atoms with Crippen LogP contribution >= 0.6 is 0 Å². The maximum Gasteiger partial charge on any atom is 0.413 e. The second-order valence-corrected chi connectivity index (χ2v) is 2.89. The summed E-state index contributed by atoms with van der Waals surface area (Å²) in [4.78, 5) is 21.4. The van der Waals surface area contributed by atoms with Crippen molar-refractivity contribution < 1.29 is 14.3 Å². The first-order valence-corrected chi connectivity index (χ1v) is 4.02. The molecule has 0 spiro atoms. The number of ether oxygens (including phenoxy) is 1. The Morgan fingerprint density at radius 1 is 1.42 bits per heavy atom. The van der Waals surface area contributed by atoms with Crippen LogP contribution < -0.4 is 5.32 Å². The lowest BCUT2D eigenvalue weighted by atomic mass is 10.2. The molecule has 70 valence electrons. The Morgan fingerprint density at radius 2 is 2.00 bits per heavy atom. The molecule has 4 nitrogen and oxygen atoms in total. The zero-order valence-corrected chi connectivity index (χ0v) is 7.72. The van der Waals surface area contributed by atoms with Gasteiger partial charge in [-0.15, -0.1) is 0 Å². The smallest absolute Gasteiger partial charge is 0.413 e. The maximum atomic E-state index is 10.8. The Labute approximate surface area is 72.3 Å². The lowest BCUT2D eigenvalue weighted by Gasteiger charge is -2.06. The molecule has 0 atom stereocenters. The van der Waals surface area contributed by atoms with Crippen molar-refractivity contribution in [1.82, 2.24) is 5.32 Å². The summed E-state index contributed by atoms with van der Waals surface area (Å²) in [6.45, 7) is 5.86. The van der Waals surface area contributed by atoms with Gasteiger partial charge in [0.15, 0.2) is 0 Å². The van der Waals surface area contributed by atoms with Crippen molar-refractivity contribution in [2.45, 2.75) is 27.2 Å². The van der Waals surface area contributed by atoms with Gasteiger partial charge < -0.3 is 4.74 Å². The molecule has 2 amide bonds. The van der Waals surface area contributed by atoms with Gasteiger partial charge in [0.2, 0.25) is 5.91 Å². The molecule has 1 N–H and O–H groups in total. The van der Waals surface area contributed by atoms with E-state index in [0.717, 1.165) is 0 Å². The van der Waals surface area contributed by atoms with Gasteiger partial charge in [0, 0.05) is 6.42 Å². The highest BCUT2D eigenvalue weighted by Crippen LogP contribution is 1.92. The van der Waals surface area contributed by atoms with Crippen LogP contribution in [0.2, 0.25) is 0 Å². The van der Waals surface area contributed by atoms with Gasteiger partial charge in [0.25, 0.3) is 0 Å². The van der Waals surface area contributed by atoms with E-state index in [-0.39, 0.29) is 18.2 Å². The second kappa shape index (κ2) is 5.57. The highest BCUT2D eigenvalue weighted by atomic mass is 16.5. The summed E-state index contributed by atoms with van der Waals surface area (Å²) < 4.78 is 4.71. The van der Waals surface area contributed by atoms with E-state index in [1.807, 2.05) is 13.8 Å². The van der Waals surface area contributed by atoms with Crippen LogP contribution in [0.3, 0.4) is 0 Å². The quantitative estimate of drug-likeness (QED) is 0.700. The van der Waals surface area contributed by atoms with Gasteiger partial charge in [-0.3, -0.25) is 10.1 Å². The van der Waals surface area contributed by atoms with Crippen LogP contribution in [0.5, 0.6) is 0 Å². The van der Waals surface area contributed by atoms with Gasteiger partial charge in [0.1, 0.15) is 0 Å². The van der Waals surface area contributed by atoms with Crippen molar-refractivity contribution in [1.29, 1.82) is 0 Å². The molecular formula is C8H15NO3. The topological polar surface area (TPSA) is 55.4 Å². The summed E-state index contributed by atoms with van der Waals surface area (Å²) in [6, 6.07) is 0. The van der Waals surface area contributed by atoms with Gasteiger partial charge in [-0.05, 0) is 5.92 Å². The van der Waals surface area contributed by atoms with Gasteiger partial charge in [-0.1, -0.05) is 20.8 Å². The molecule has 0 heterocycles. The molecule has 0 rings (SSSR count). The third-order valence-electron chi connectivity index (χ3n) is 1.11. The second-order valence-electron chi connectivity index (χ2n) is 2.89. The van der Waals surface area contributed by atoms with Crippen molar-refractivity contribution in [2.75, 3.05) is 6.61 Å². The van der Waals surface area contributed by atoms with Crippen LogP contribution in [0.15, 0.2) is 0 Å². The SMILES string of the molecule is CCC(=O)NC(=O)OCC(C)C. The van der Waals surface area contributed by atoms with Crippen molar-refractivity contribution in [3.8, 4) is 0 Å². The molecule has 0 aromatic heterocycles. The van der Waals surface area contributed by atoms with Gasteiger partial charge in [-0.25, -0.2) is 4.79 Å². The maximum absolute atomic E-state index is 10.8. The average Bonchev–Trinajstić information content (AvgIpc) is 2.00. The standard InChI is InChI=1S/C8H15NO3/c1-4-7(10)9-8(11)12-5-6(2)3/h6H,4-5H2,1-3H3,(H,9,10,11). The van der Waals surface area contributed by atoms with E-state index < -0.39 is 6.09 Å². The van der Waals surface area contributed by atoms with E-state index in [2.05, 4.69) is 5.32 Å². The molecule has 0 bridgehead atoms. The predicted octanol–water partition coefficient (Wildman–Crippen LogP) is 1.31. The first-order valence-electron chi connectivity index (χ1n) is 4.02. The minimum absolute atomic E-state index is 0.285. The molecule has 0 saturated heterocycles. The number of carbonyl (C=O) groups is 2. The monoisotopic (exact) mass is 173 g/mol. The van der Waals surface area contributed by atoms with Crippen LogP contribution in [-0.4, -0.2) is 18.6 Å². The molecule has 0 aliphatic carbocycles. The summed E-state index contributed by atoms with van der Waals surface area (Å²) in [6.07, 6.45) is -0.368. The fourth-order valence-electron chi connectivity index (χ4n) is 0.481. The highest BCUT2D eigenvalue weighted by Gasteiger charge is 2.06. The normalized spacial score (nSPS) is 9.67. The van der Waals surface area contributed by atoms with Crippen LogP contribution in [0.4, 0.5) is 4.79 Å². The Bertz CT molecular complexity index is 166. The summed E-state index contributed by atoms with van der Waals surface area (Å²) in [5.74, 6) is -0.0313. The summed E-state index contributed by atoms with van der Waals surface area (Å²) in [5.41, 5.74) is 0. The van der Waals surface area contributed by atoms with Crippen LogP contribution in [-0.2, 0) is 9.53 Å². The van der Waals surface area contributed by atoms with Gasteiger partial charge in [-0.2, -0.15) is 0 Å². The number of rotatable bonds is 3. The van der Waals surface area contributed by atoms with E-state index in [9.17, 15) is 9.59 Å². The number of carbonyl (C=O) groups excluding carboxylic acids is 2. The third kappa shape index (κ3) is 5.70. The van der Waals surface area contributed by atoms with E-state index in [0.29, 0.717) is 6.61 Å². The first kappa shape index (κ1) is 10.9. The zero-order valence-electron chi connectivity index (χ0n) is 7.72. The Balaban J connectivity index is 3.53. The number of alkyl carbamates (subject to hydrolysis) is 1. The molecule has 0 unspecified atom stereocenters. The largest absolute Gasteiger partial charge is 0.449 e. The lowest BCUT2D eigenvalue weighted by Crippen LogP contribution is -2.31. The van der Waals surface area contributed by atoms with E-state index in [4.69, 9.17) is 4.74 Å². The molecule has 0 aromatic rings. The zero-order chi connectivity index (χ0) is 9.56. The van der Waals surface area contributed by atoms with Crippen LogP contribution in [0.1, 0.15) is 27.2 Å². The Morgan fingerprint density at radius 3 is 2.42 bits per heavy atom. The van der Waals surface area contributed by atoms with Crippen molar-refractivity contribution in [3.63, 3.8) is 0 Å². The summed E-state index contributed by atoms with van der Waals surface area (Å²) in [7, 11) is 0. The summed E-state index contributed by atoms with van der Waals surface area (Å²) in [5, 5.41) is 2.08. The van der Waals surface area contributed by atoms with Crippen LogP contribution in [0.25, 0.3) is 0 Å². The number of imide groups is 1. The van der Waals surface area contributed by atoms with E-state index >= 15 is 0 Å². The highest BCUT2D eigenvalue weighted by molar-refractivity contribution is 5.91. The van der Waals surface area contributed by atoms with Crippen LogP contribution in [0, 0.1) is 5.92 Å². The van der Waals surface area contributed by atoms with Crippen molar-refractivity contribution in [2.24, 2.45) is 5.92 Å². The fraction of sp³-hybridized carbons (Fsp3) is 0.750. The van der Waals surface area contributed by atoms with Gasteiger partial charge in [0.05, 0.1) is 6.61 Å². The summed E-state index contributed by atoms with van der Waals surface area (Å²) >= 11 is 0. The molecule has 12 heavy (non-hydrogen) atoms. The molecule has 4 heteroatoms. The number of amides is 2. The third-order valence-corrected chi connectivity index (χ3v) is 1.11. The number of nitrogens with one attached hydrogen (secondary N) is 1. The first-order chi connectivity index (χ1) is 5.56. The molecule has 0 aromatic carbocycles. The molecular weight excluding hydrogens is 158 g/mol. The molecule has 0 aliphatic rings. The fourth-order valence-corrected chi connectivity index (χ4v) is 0.481. The molecule has 0 radical (unpaired) electrons. The van der Waals surface area contributed by atoms with Crippen molar-refractivity contribution in [3.05, 3.63) is 0 Å². The minimum Gasteiger partial charge on any atom is -0.449 e. The number of hydrogen-bond donors (Lipinski definition) is 1. The molecule has 0 fully saturated rings. The molecule has 0 aliphatic heterocycles. The molecule has 0 saturated carbocycles. The van der Waals surface area contributed by atoms with E-state index in [1.54, 1.807) is 6.92 Å². The number of hydrogen-bond acceptors (Lipinski definition) is 3. The Kier molecular flexibility index (Phi) is 5.08. The lowest BCUT2D eigenvalue weighted by molar-refractivity contribution is -0.120. The minimum atomic E-state index is -0.657.